The number of phenolic OH excluding ortho intramolecular Hbond substituents is 1. The van der Waals surface area contributed by atoms with E-state index in [2.05, 4.69) is 4.98 Å². The minimum absolute atomic E-state index is 0.0654. The first kappa shape index (κ1) is 10.7. The second kappa shape index (κ2) is 4.11. The van der Waals surface area contributed by atoms with E-state index >= 15 is 0 Å². The maximum atomic E-state index is 12.2. The third-order valence-corrected chi connectivity index (χ3v) is 3.08. The molecule has 3 heteroatoms. The van der Waals surface area contributed by atoms with E-state index in [1.807, 2.05) is 24.3 Å². The largest absolute Gasteiger partial charge is 0.507 e. The normalized spacial score (nSPS) is 16.0. The molecular weight excluding hydrogens is 226 g/mol. The molecule has 0 radical (unpaired) electrons. The number of allylic oxidation sites excluding steroid dienone is 1. The summed E-state index contributed by atoms with van der Waals surface area (Å²) in [6.45, 7) is 0. The van der Waals surface area contributed by atoms with Crippen LogP contribution in [0.5, 0.6) is 5.75 Å². The summed E-state index contributed by atoms with van der Waals surface area (Å²) < 4.78 is 0. The van der Waals surface area contributed by atoms with Gasteiger partial charge in [-0.05, 0) is 35.4 Å². The molecular formula is C15H11NO2. The van der Waals surface area contributed by atoms with Gasteiger partial charge in [0.2, 0.25) is 0 Å². The van der Waals surface area contributed by atoms with Crippen molar-refractivity contribution in [3.05, 3.63) is 65.0 Å². The van der Waals surface area contributed by atoms with Crippen LogP contribution in [-0.2, 0) is 6.42 Å². The van der Waals surface area contributed by atoms with Gasteiger partial charge < -0.3 is 5.11 Å². The third-order valence-electron chi connectivity index (χ3n) is 3.08. The minimum Gasteiger partial charge on any atom is -0.507 e. The van der Waals surface area contributed by atoms with Gasteiger partial charge in [0.05, 0.1) is 5.56 Å². The van der Waals surface area contributed by atoms with Crippen molar-refractivity contribution in [2.45, 2.75) is 6.42 Å². The minimum atomic E-state index is -0.0834. The first-order chi connectivity index (χ1) is 8.75. The molecule has 0 fully saturated rings. The van der Waals surface area contributed by atoms with Gasteiger partial charge in [-0.25, -0.2) is 0 Å². The van der Waals surface area contributed by atoms with Gasteiger partial charge in [0.15, 0.2) is 5.78 Å². The number of nitrogens with zero attached hydrogens (tertiary/aromatic N) is 1. The number of rotatable bonds is 1. The lowest BCUT2D eigenvalue weighted by atomic mass is 10.1. The SMILES string of the molecule is O=C1/C(=C/c2ccncc2)Cc2cccc(O)c21. The molecule has 1 aromatic heterocycles. The number of hydrogen-bond donors (Lipinski definition) is 1. The second-order valence-corrected chi connectivity index (χ2v) is 4.27. The molecule has 1 heterocycles. The van der Waals surface area contributed by atoms with Gasteiger partial charge in [-0.15, -0.1) is 0 Å². The average molecular weight is 237 g/mol. The van der Waals surface area contributed by atoms with E-state index < -0.39 is 0 Å². The fraction of sp³-hybridized carbons (Fsp3) is 0.0667. The van der Waals surface area contributed by atoms with Crippen LogP contribution in [-0.4, -0.2) is 15.9 Å². The van der Waals surface area contributed by atoms with E-state index in [0.717, 1.165) is 11.1 Å². The Morgan fingerprint density at radius 2 is 1.94 bits per heavy atom. The standard InChI is InChI=1S/C15H11NO2/c17-13-3-1-2-11-9-12(15(18)14(11)13)8-10-4-6-16-7-5-10/h1-8,17H,9H2/b12-8+. The van der Waals surface area contributed by atoms with Gasteiger partial charge >= 0.3 is 0 Å². The van der Waals surface area contributed by atoms with Crippen molar-refractivity contribution in [1.29, 1.82) is 0 Å². The lowest BCUT2D eigenvalue weighted by Gasteiger charge is -1.98. The molecule has 0 bridgehead atoms. The zero-order chi connectivity index (χ0) is 12.5. The summed E-state index contributed by atoms with van der Waals surface area (Å²) in [6, 6.07) is 8.88. The zero-order valence-electron chi connectivity index (χ0n) is 9.63. The van der Waals surface area contributed by atoms with Crippen LogP contribution in [0.15, 0.2) is 48.3 Å². The Labute approximate surface area is 104 Å². The predicted octanol–water partition coefficient (Wildman–Crippen LogP) is 2.61. The summed E-state index contributed by atoms with van der Waals surface area (Å²) in [5.41, 5.74) is 2.98. The molecule has 1 N–H and O–H groups in total. The molecule has 1 aromatic carbocycles. The fourth-order valence-corrected chi connectivity index (χ4v) is 2.22. The summed E-state index contributed by atoms with van der Waals surface area (Å²) >= 11 is 0. The molecule has 1 aliphatic rings. The van der Waals surface area contributed by atoms with E-state index in [-0.39, 0.29) is 11.5 Å². The Morgan fingerprint density at radius 3 is 2.67 bits per heavy atom. The van der Waals surface area contributed by atoms with Crippen LogP contribution in [0.25, 0.3) is 6.08 Å². The Balaban J connectivity index is 2.03. The van der Waals surface area contributed by atoms with Gasteiger partial charge in [-0.3, -0.25) is 9.78 Å². The van der Waals surface area contributed by atoms with E-state index in [4.69, 9.17) is 0 Å². The highest BCUT2D eigenvalue weighted by Gasteiger charge is 2.27. The molecule has 1 aliphatic carbocycles. The summed E-state index contributed by atoms with van der Waals surface area (Å²) in [4.78, 5) is 16.1. The fourth-order valence-electron chi connectivity index (χ4n) is 2.22. The number of benzene rings is 1. The summed E-state index contributed by atoms with van der Waals surface area (Å²) in [5.74, 6) is -0.0180. The highest BCUT2D eigenvalue weighted by atomic mass is 16.3. The third kappa shape index (κ3) is 1.70. The van der Waals surface area contributed by atoms with Crippen LogP contribution in [0.4, 0.5) is 0 Å². The van der Waals surface area contributed by atoms with Gasteiger partial charge in [-0.1, -0.05) is 12.1 Å². The van der Waals surface area contributed by atoms with Crippen LogP contribution in [0.2, 0.25) is 0 Å². The molecule has 18 heavy (non-hydrogen) atoms. The summed E-state index contributed by atoms with van der Waals surface area (Å²) in [7, 11) is 0. The highest BCUT2D eigenvalue weighted by Crippen LogP contribution is 2.33. The van der Waals surface area contributed by atoms with Crippen LogP contribution in [0.1, 0.15) is 21.5 Å². The van der Waals surface area contributed by atoms with Gasteiger partial charge in [-0.2, -0.15) is 0 Å². The van der Waals surface area contributed by atoms with Gasteiger partial charge in [0.25, 0.3) is 0 Å². The van der Waals surface area contributed by atoms with Crippen molar-refractivity contribution in [3.8, 4) is 5.75 Å². The topological polar surface area (TPSA) is 50.2 Å². The first-order valence-corrected chi connectivity index (χ1v) is 5.72. The lowest BCUT2D eigenvalue weighted by Crippen LogP contribution is -1.95. The van der Waals surface area contributed by atoms with Gasteiger partial charge in [0, 0.05) is 24.4 Å². The lowest BCUT2D eigenvalue weighted by molar-refractivity contribution is 0.103. The number of pyridine rings is 1. The van der Waals surface area contributed by atoms with E-state index in [1.165, 1.54) is 0 Å². The van der Waals surface area contributed by atoms with Crippen molar-refractivity contribution in [3.63, 3.8) is 0 Å². The van der Waals surface area contributed by atoms with Crippen molar-refractivity contribution in [1.82, 2.24) is 4.98 Å². The number of aromatic hydroxyl groups is 1. The average Bonchev–Trinajstić information content (AvgIpc) is 2.69. The second-order valence-electron chi connectivity index (χ2n) is 4.27. The van der Waals surface area contributed by atoms with Crippen molar-refractivity contribution in [2.75, 3.05) is 0 Å². The molecule has 0 amide bonds. The Morgan fingerprint density at radius 1 is 1.17 bits per heavy atom. The Bertz CT molecular complexity index is 645. The predicted molar refractivity (Wildman–Crippen MR) is 68.4 cm³/mol. The summed E-state index contributed by atoms with van der Waals surface area (Å²) in [5, 5.41) is 9.73. The van der Waals surface area contributed by atoms with E-state index in [9.17, 15) is 9.90 Å². The summed E-state index contributed by atoms with van der Waals surface area (Å²) in [6.07, 6.45) is 5.81. The molecule has 0 aliphatic heterocycles. The smallest absolute Gasteiger partial charge is 0.193 e. The quantitative estimate of drug-likeness (QED) is 0.775. The van der Waals surface area contributed by atoms with E-state index in [0.29, 0.717) is 17.6 Å². The van der Waals surface area contributed by atoms with Crippen LogP contribution in [0.3, 0.4) is 0 Å². The number of hydrogen-bond acceptors (Lipinski definition) is 3. The Hall–Kier alpha value is -2.42. The number of Topliss-reactive ketones (excluding diaryl/α,β-unsaturated/α-hetero) is 1. The number of fused-ring (bicyclic) bond motifs is 1. The van der Waals surface area contributed by atoms with Crippen molar-refractivity contribution in [2.24, 2.45) is 0 Å². The number of phenols is 1. The van der Waals surface area contributed by atoms with Crippen molar-refractivity contribution >= 4 is 11.9 Å². The maximum absolute atomic E-state index is 12.2. The number of ketones is 1. The molecule has 0 spiro atoms. The molecule has 0 saturated heterocycles. The molecule has 3 nitrogen and oxygen atoms in total. The van der Waals surface area contributed by atoms with Crippen molar-refractivity contribution < 1.29 is 9.90 Å². The molecule has 2 aromatic rings. The monoisotopic (exact) mass is 237 g/mol. The first-order valence-electron chi connectivity index (χ1n) is 5.72. The maximum Gasteiger partial charge on any atom is 0.193 e. The van der Waals surface area contributed by atoms with Crippen LogP contribution < -0.4 is 0 Å². The highest BCUT2D eigenvalue weighted by molar-refractivity contribution is 6.17. The molecule has 3 rings (SSSR count). The number of aromatic nitrogens is 1. The Kier molecular flexibility index (Phi) is 2.45. The molecule has 0 saturated carbocycles. The van der Waals surface area contributed by atoms with Gasteiger partial charge in [0.1, 0.15) is 5.75 Å². The molecule has 88 valence electrons. The number of carbonyl (C=O) groups is 1. The van der Waals surface area contributed by atoms with Crippen LogP contribution in [0, 0.1) is 0 Å². The molecule has 0 atom stereocenters. The molecule has 0 unspecified atom stereocenters. The van der Waals surface area contributed by atoms with Crippen LogP contribution >= 0.6 is 0 Å². The van der Waals surface area contributed by atoms with E-state index in [1.54, 1.807) is 24.5 Å². The zero-order valence-corrected chi connectivity index (χ0v) is 9.63. The number of carbonyl (C=O) groups excluding carboxylic acids is 1.